The van der Waals surface area contributed by atoms with Gasteiger partial charge in [-0.05, 0) is 37.7 Å². The average Bonchev–Trinajstić information content (AvgIpc) is 3.17. The average molecular weight is 272 g/mol. The molecule has 0 N–H and O–H groups in total. The highest BCUT2D eigenvalue weighted by molar-refractivity contribution is 6.31. The van der Waals surface area contributed by atoms with E-state index in [1.807, 2.05) is 12.1 Å². The zero-order chi connectivity index (χ0) is 13.5. The first-order chi connectivity index (χ1) is 9.16. The van der Waals surface area contributed by atoms with Gasteiger partial charge in [0.25, 0.3) is 0 Å². The Morgan fingerprint density at radius 2 is 1.63 bits per heavy atom. The van der Waals surface area contributed by atoms with Gasteiger partial charge in [-0.3, -0.25) is 0 Å². The number of nitrogens with zero attached hydrogens (tertiary/aromatic N) is 1. The van der Waals surface area contributed by atoms with Crippen molar-refractivity contribution in [1.29, 1.82) is 0 Å². The second-order valence-corrected chi connectivity index (χ2v) is 5.91. The summed E-state index contributed by atoms with van der Waals surface area (Å²) < 4.78 is 0. The van der Waals surface area contributed by atoms with Gasteiger partial charge < -0.3 is 4.90 Å². The van der Waals surface area contributed by atoms with E-state index in [0.717, 1.165) is 11.4 Å². The van der Waals surface area contributed by atoms with Gasteiger partial charge in [0, 0.05) is 16.5 Å². The lowest BCUT2D eigenvalue weighted by molar-refractivity contribution is 0.374. The van der Waals surface area contributed by atoms with Crippen LogP contribution in [0, 0.1) is 0 Å². The molecule has 0 amide bonds. The van der Waals surface area contributed by atoms with Crippen LogP contribution in [-0.4, -0.2) is 25.0 Å². The van der Waals surface area contributed by atoms with Crippen LogP contribution >= 0.6 is 11.6 Å². The molecule has 0 heterocycles. The molecule has 0 aliphatic heterocycles. The highest BCUT2D eigenvalue weighted by Crippen LogP contribution is 2.57. The van der Waals surface area contributed by atoms with Crippen LogP contribution in [0.1, 0.15) is 17.5 Å². The molecule has 1 nitrogen and oxygen atoms in total. The molecule has 0 aromatic heterocycles. The molecule has 98 valence electrons. The Kier molecular flexibility index (Phi) is 3.12. The minimum Gasteiger partial charge on any atom is -0.305 e. The van der Waals surface area contributed by atoms with E-state index >= 15 is 0 Å². The van der Waals surface area contributed by atoms with Crippen molar-refractivity contribution in [1.82, 2.24) is 4.90 Å². The maximum atomic E-state index is 6.45. The van der Waals surface area contributed by atoms with Crippen LogP contribution in [-0.2, 0) is 5.41 Å². The van der Waals surface area contributed by atoms with Crippen molar-refractivity contribution in [2.45, 2.75) is 17.9 Å². The SMILES string of the molecule is CN(C)C1CC1(c1ccccc1)c1ccccc1Cl. The number of rotatable bonds is 3. The third kappa shape index (κ3) is 1.98. The van der Waals surface area contributed by atoms with Crippen LogP contribution in [0.25, 0.3) is 0 Å². The van der Waals surface area contributed by atoms with Crippen molar-refractivity contribution in [2.75, 3.05) is 14.1 Å². The monoisotopic (exact) mass is 271 g/mol. The number of benzene rings is 2. The van der Waals surface area contributed by atoms with Crippen molar-refractivity contribution in [3.8, 4) is 0 Å². The van der Waals surface area contributed by atoms with Gasteiger partial charge >= 0.3 is 0 Å². The Hall–Kier alpha value is -1.31. The summed E-state index contributed by atoms with van der Waals surface area (Å²) in [5.74, 6) is 0. The van der Waals surface area contributed by atoms with E-state index < -0.39 is 0 Å². The highest BCUT2D eigenvalue weighted by atomic mass is 35.5. The third-order valence-corrected chi connectivity index (χ3v) is 4.52. The fourth-order valence-corrected chi connectivity index (χ4v) is 3.49. The highest BCUT2D eigenvalue weighted by Gasteiger charge is 2.58. The quantitative estimate of drug-likeness (QED) is 0.817. The minimum atomic E-state index is 0.0586. The van der Waals surface area contributed by atoms with E-state index in [-0.39, 0.29) is 5.41 Å². The first-order valence-electron chi connectivity index (χ1n) is 6.63. The van der Waals surface area contributed by atoms with Gasteiger partial charge in [0.05, 0.1) is 0 Å². The summed E-state index contributed by atoms with van der Waals surface area (Å²) in [6.45, 7) is 0. The largest absolute Gasteiger partial charge is 0.305 e. The Morgan fingerprint density at radius 3 is 2.21 bits per heavy atom. The molecule has 2 atom stereocenters. The summed E-state index contributed by atoms with van der Waals surface area (Å²) in [6, 6.07) is 19.5. The van der Waals surface area contributed by atoms with E-state index in [1.54, 1.807) is 0 Å². The lowest BCUT2D eigenvalue weighted by Crippen LogP contribution is -2.25. The first kappa shape index (κ1) is 12.7. The van der Waals surface area contributed by atoms with Crippen molar-refractivity contribution in [3.05, 3.63) is 70.7 Å². The van der Waals surface area contributed by atoms with Crippen LogP contribution in [0.3, 0.4) is 0 Å². The number of likely N-dealkylation sites (N-methyl/N-ethyl adjacent to an activating group) is 1. The second kappa shape index (κ2) is 4.66. The molecule has 19 heavy (non-hydrogen) atoms. The van der Waals surface area contributed by atoms with Crippen molar-refractivity contribution < 1.29 is 0 Å². The Morgan fingerprint density at radius 1 is 1.00 bits per heavy atom. The van der Waals surface area contributed by atoms with Gasteiger partial charge in [-0.25, -0.2) is 0 Å². The second-order valence-electron chi connectivity index (χ2n) is 5.50. The van der Waals surface area contributed by atoms with Crippen molar-refractivity contribution >= 4 is 11.6 Å². The molecule has 2 heteroatoms. The molecule has 2 aromatic carbocycles. The summed E-state index contributed by atoms with van der Waals surface area (Å²) in [5, 5.41) is 0.871. The molecule has 1 aliphatic rings. The Balaban J connectivity index is 2.13. The molecule has 0 spiro atoms. The van der Waals surface area contributed by atoms with E-state index in [4.69, 9.17) is 11.6 Å². The molecular weight excluding hydrogens is 254 g/mol. The molecule has 2 unspecified atom stereocenters. The lowest BCUT2D eigenvalue weighted by atomic mass is 9.87. The van der Waals surface area contributed by atoms with E-state index in [1.165, 1.54) is 11.1 Å². The van der Waals surface area contributed by atoms with Gasteiger partial charge in [-0.1, -0.05) is 60.1 Å². The standard InChI is InChI=1S/C17H18ClN/c1-19(2)16-12-17(16,13-8-4-3-5-9-13)14-10-6-7-11-15(14)18/h3-11,16H,12H2,1-2H3. The Bertz CT molecular complexity index is 579. The topological polar surface area (TPSA) is 3.24 Å². The van der Waals surface area contributed by atoms with E-state index in [9.17, 15) is 0 Å². The van der Waals surface area contributed by atoms with Crippen LogP contribution in [0.2, 0.25) is 5.02 Å². The van der Waals surface area contributed by atoms with Crippen molar-refractivity contribution in [2.24, 2.45) is 0 Å². The molecule has 1 saturated carbocycles. The molecule has 1 fully saturated rings. The fraction of sp³-hybridized carbons (Fsp3) is 0.294. The number of hydrogen-bond donors (Lipinski definition) is 0. The predicted molar refractivity (Wildman–Crippen MR) is 80.8 cm³/mol. The van der Waals surface area contributed by atoms with Crippen LogP contribution in [0.5, 0.6) is 0 Å². The van der Waals surface area contributed by atoms with E-state index in [0.29, 0.717) is 6.04 Å². The van der Waals surface area contributed by atoms with Gasteiger partial charge in [-0.2, -0.15) is 0 Å². The molecule has 0 radical (unpaired) electrons. The third-order valence-electron chi connectivity index (χ3n) is 4.19. The summed E-state index contributed by atoms with van der Waals surface area (Å²) >= 11 is 6.45. The fourth-order valence-electron chi connectivity index (χ4n) is 3.18. The van der Waals surface area contributed by atoms with Gasteiger partial charge in [0.1, 0.15) is 0 Å². The minimum absolute atomic E-state index is 0.0586. The van der Waals surface area contributed by atoms with E-state index in [2.05, 4.69) is 61.5 Å². The van der Waals surface area contributed by atoms with Crippen LogP contribution in [0.15, 0.2) is 54.6 Å². The molecule has 3 rings (SSSR count). The molecule has 2 aromatic rings. The van der Waals surface area contributed by atoms with Crippen molar-refractivity contribution in [3.63, 3.8) is 0 Å². The van der Waals surface area contributed by atoms with Crippen LogP contribution in [0.4, 0.5) is 0 Å². The lowest BCUT2D eigenvalue weighted by Gasteiger charge is -2.23. The number of halogens is 1. The summed E-state index contributed by atoms with van der Waals surface area (Å²) in [7, 11) is 4.29. The number of hydrogen-bond acceptors (Lipinski definition) is 1. The predicted octanol–water partition coefficient (Wildman–Crippen LogP) is 3.96. The first-order valence-corrected chi connectivity index (χ1v) is 7.01. The maximum Gasteiger partial charge on any atom is 0.0447 e. The summed E-state index contributed by atoms with van der Waals surface area (Å²) in [4.78, 5) is 2.30. The normalized spacial score (nSPS) is 25.6. The zero-order valence-electron chi connectivity index (χ0n) is 11.3. The molecular formula is C17H18ClN. The Labute approximate surface area is 119 Å². The summed E-state index contributed by atoms with van der Waals surface area (Å²) in [5.41, 5.74) is 2.67. The molecule has 0 saturated heterocycles. The summed E-state index contributed by atoms with van der Waals surface area (Å²) in [6.07, 6.45) is 1.13. The smallest absolute Gasteiger partial charge is 0.0447 e. The molecule has 0 bridgehead atoms. The molecule has 1 aliphatic carbocycles. The van der Waals surface area contributed by atoms with Gasteiger partial charge in [0.15, 0.2) is 0 Å². The zero-order valence-corrected chi connectivity index (χ0v) is 12.1. The van der Waals surface area contributed by atoms with Gasteiger partial charge in [0.2, 0.25) is 0 Å². The van der Waals surface area contributed by atoms with Gasteiger partial charge in [-0.15, -0.1) is 0 Å². The van der Waals surface area contributed by atoms with Crippen LogP contribution < -0.4 is 0 Å². The maximum absolute atomic E-state index is 6.45.